The van der Waals surface area contributed by atoms with Crippen LogP contribution in [0, 0.1) is 5.82 Å². The first-order chi connectivity index (χ1) is 12.4. The molecule has 3 rings (SSSR count). The summed E-state index contributed by atoms with van der Waals surface area (Å²) >= 11 is 0. The fourth-order valence-electron chi connectivity index (χ4n) is 2.78. The largest absolute Gasteiger partial charge is 0.328 e. The molecule has 0 aromatic heterocycles. The highest BCUT2D eigenvalue weighted by Crippen LogP contribution is 2.22. The maximum Gasteiger partial charge on any atom is 0.255 e. The summed E-state index contributed by atoms with van der Waals surface area (Å²) in [5, 5.41) is 2.66. The van der Waals surface area contributed by atoms with Crippen LogP contribution in [0.3, 0.4) is 0 Å². The summed E-state index contributed by atoms with van der Waals surface area (Å²) in [6, 6.07) is 11.2. The van der Waals surface area contributed by atoms with Crippen LogP contribution >= 0.6 is 0 Å². The number of hydrogen-bond donors (Lipinski definition) is 2. The number of nitrogens with one attached hydrogen (secondary N) is 1. The zero-order chi connectivity index (χ0) is 18.7. The summed E-state index contributed by atoms with van der Waals surface area (Å²) in [4.78, 5) is 12.3. The Hall–Kier alpha value is -2.29. The van der Waals surface area contributed by atoms with Crippen LogP contribution < -0.4 is 11.1 Å². The number of carbonyl (C=O) groups excluding carboxylic acids is 1. The van der Waals surface area contributed by atoms with E-state index in [0.717, 1.165) is 0 Å². The van der Waals surface area contributed by atoms with Crippen molar-refractivity contribution in [3.63, 3.8) is 0 Å². The molecule has 1 fully saturated rings. The Morgan fingerprint density at radius 1 is 1.04 bits per heavy atom. The lowest BCUT2D eigenvalue weighted by Crippen LogP contribution is -2.42. The van der Waals surface area contributed by atoms with Crippen molar-refractivity contribution in [1.82, 2.24) is 4.31 Å². The van der Waals surface area contributed by atoms with Gasteiger partial charge in [-0.1, -0.05) is 0 Å². The zero-order valence-corrected chi connectivity index (χ0v) is 14.9. The van der Waals surface area contributed by atoms with Crippen molar-refractivity contribution < 1.29 is 17.6 Å². The molecule has 8 heteroatoms. The first-order valence-corrected chi connectivity index (χ1v) is 9.73. The maximum atomic E-state index is 12.9. The van der Waals surface area contributed by atoms with E-state index in [1.165, 1.54) is 52.8 Å². The molecule has 0 unspecified atom stereocenters. The first kappa shape index (κ1) is 18.5. The summed E-state index contributed by atoms with van der Waals surface area (Å²) in [6.07, 6.45) is 1.29. The molecule has 0 bridgehead atoms. The molecule has 0 saturated carbocycles. The van der Waals surface area contributed by atoms with Gasteiger partial charge in [0.05, 0.1) is 4.90 Å². The number of anilines is 1. The number of benzene rings is 2. The van der Waals surface area contributed by atoms with Gasteiger partial charge in [-0.15, -0.1) is 0 Å². The Morgan fingerprint density at radius 2 is 1.62 bits per heavy atom. The molecule has 1 aliphatic heterocycles. The molecule has 138 valence electrons. The zero-order valence-electron chi connectivity index (χ0n) is 14.1. The lowest BCUT2D eigenvalue weighted by molar-refractivity contribution is 0.102. The van der Waals surface area contributed by atoms with Gasteiger partial charge in [0.1, 0.15) is 5.82 Å². The summed E-state index contributed by atoms with van der Waals surface area (Å²) < 4.78 is 39.6. The highest BCUT2D eigenvalue weighted by atomic mass is 32.2. The minimum atomic E-state index is -3.56. The van der Waals surface area contributed by atoms with Crippen LogP contribution in [0.4, 0.5) is 10.1 Å². The molecular formula is C18H20FN3O3S. The lowest BCUT2D eigenvalue weighted by atomic mass is 10.1. The van der Waals surface area contributed by atoms with Gasteiger partial charge in [-0.3, -0.25) is 4.79 Å². The molecule has 3 N–H and O–H groups in total. The lowest BCUT2D eigenvalue weighted by Gasteiger charge is -2.29. The predicted molar refractivity (Wildman–Crippen MR) is 96.8 cm³/mol. The van der Waals surface area contributed by atoms with Gasteiger partial charge < -0.3 is 11.1 Å². The van der Waals surface area contributed by atoms with Crippen molar-refractivity contribution in [2.75, 3.05) is 18.4 Å². The van der Waals surface area contributed by atoms with E-state index in [-0.39, 0.29) is 10.9 Å². The number of sulfonamides is 1. The second-order valence-electron chi connectivity index (χ2n) is 6.23. The number of piperidine rings is 1. The molecule has 2 aromatic carbocycles. The van der Waals surface area contributed by atoms with Crippen LogP contribution in [0.25, 0.3) is 0 Å². The van der Waals surface area contributed by atoms with E-state index >= 15 is 0 Å². The Balaban J connectivity index is 1.70. The monoisotopic (exact) mass is 377 g/mol. The van der Waals surface area contributed by atoms with Gasteiger partial charge in [-0.25, -0.2) is 12.8 Å². The predicted octanol–water partition coefficient (Wildman–Crippen LogP) is 2.19. The second-order valence-corrected chi connectivity index (χ2v) is 8.16. The van der Waals surface area contributed by atoms with Gasteiger partial charge in [0.25, 0.3) is 5.91 Å². The third-order valence-electron chi connectivity index (χ3n) is 4.35. The molecule has 0 spiro atoms. The van der Waals surface area contributed by atoms with E-state index in [1.807, 2.05) is 0 Å². The van der Waals surface area contributed by atoms with E-state index in [4.69, 9.17) is 5.73 Å². The van der Waals surface area contributed by atoms with Crippen LogP contribution in [0.5, 0.6) is 0 Å². The van der Waals surface area contributed by atoms with Crippen LogP contribution in [0.1, 0.15) is 23.2 Å². The van der Waals surface area contributed by atoms with E-state index in [2.05, 4.69) is 5.32 Å². The van der Waals surface area contributed by atoms with Crippen LogP contribution in [-0.2, 0) is 10.0 Å². The van der Waals surface area contributed by atoms with Crippen LogP contribution in [0.2, 0.25) is 0 Å². The molecule has 6 nitrogen and oxygen atoms in total. The molecule has 1 heterocycles. The fraction of sp³-hybridized carbons (Fsp3) is 0.278. The smallest absolute Gasteiger partial charge is 0.255 e. The van der Waals surface area contributed by atoms with Crippen LogP contribution in [0.15, 0.2) is 53.4 Å². The quantitative estimate of drug-likeness (QED) is 0.854. The van der Waals surface area contributed by atoms with E-state index in [0.29, 0.717) is 37.2 Å². The van der Waals surface area contributed by atoms with Crippen LogP contribution in [-0.4, -0.2) is 37.8 Å². The standard InChI is InChI=1S/C18H20FN3O3S/c19-14-3-1-13(2-4-14)18(23)21-16-5-7-17(8-6-16)26(24,25)22-11-9-15(20)10-12-22/h1-8,15H,9-12,20H2,(H,21,23). The first-order valence-electron chi connectivity index (χ1n) is 8.29. The summed E-state index contributed by atoms with van der Waals surface area (Å²) in [5.74, 6) is -0.819. The third kappa shape index (κ3) is 4.09. The molecular weight excluding hydrogens is 357 g/mol. The van der Waals surface area contributed by atoms with Gasteiger partial charge in [0.15, 0.2) is 0 Å². The van der Waals surface area contributed by atoms with Crippen molar-refractivity contribution >= 4 is 21.6 Å². The summed E-state index contributed by atoms with van der Waals surface area (Å²) in [5.41, 5.74) is 6.59. The topological polar surface area (TPSA) is 92.5 Å². The number of rotatable bonds is 4. The molecule has 26 heavy (non-hydrogen) atoms. The van der Waals surface area contributed by atoms with E-state index < -0.39 is 21.7 Å². The normalized spacial score (nSPS) is 16.4. The number of amides is 1. The van der Waals surface area contributed by atoms with Crippen molar-refractivity contribution in [1.29, 1.82) is 0 Å². The summed E-state index contributed by atoms with van der Waals surface area (Å²) in [6.45, 7) is 0.819. The third-order valence-corrected chi connectivity index (χ3v) is 6.27. The van der Waals surface area contributed by atoms with Gasteiger partial charge >= 0.3 is 0 Å². The number of hydrogen-bond acceptors (Lipinski definition) is 4. The van der Waals surface area contributed by atoms with Gasteiger partial charge in [-0.2, -0.15) is 4.31 Å². The Bertz CT molecular complexity index is 875. The Kier molecular flexibility index (Phi) is 5.36. The molecule has 0 radical (unpaired) electrons. The molecule has 0 atom stereocenters. The molecule has 0 aliphatic carbocycles. The molecule has 1 saturated heterocycles. The van der Waals surface area contributed by atoms with Crippen molar-refractivity contribution in [3.05, 3.63) is 59.9 Å². The SMILES string of the molecule is NC1CCN(S(=O)(=O)c2ccc(NC(=O)c3ccc(F)cc3)cc2)CC1. The Labute approximate surface area is 151 Å². The number of nitrogens with zero attached hydrogens (tertiary/aromatic N) is 1. The van der Waals surface area contributed by atoms with E-state index in [1.54, 1.807) is 0 Å². The van der Waals surface area contributed by atoms with Crippen molar-refractivity contribution in [3.8, 4) is 0 Å². The average Bonchev–Trinajstić information content (AvgIpc) is 2.63. The summed E-state index contributed by atoms with van der Waals surface area (Å²) in [7, 11) is -3.56. The minimum Gasteiger partial charge on any atom is -0.328 e. The van der Waals surface area contributed by atoms with Crippen molar-refractivity contribution in [2.24, 2.45) is 5.73 Å². The van der Waals surface area contributed by atoms with Crippen molar-refractivity contribution in [2.45, 2.75) is 23.8 Å². The highest BCUT2D eigenvalue weighted by molar-refractivity contribution is 7.89. The minimum absolute atomic E-state index is 0.0468. The number of halogens is 1. The molecule has 1 amide bonds. The van der Waals surface area contributed by atoms with Gasteiger partial charge in [0.2, 0.25) is 10.0 Å². The number of carbonyl (C=O) groups is 1. The second kappa shape index (κ2) is 7.53. The van der Waals surface area contributed by atoms with Gasteiger partial charge in [0, 0.05) is 30.4 Å². The number of nitrogens with two attached hydrogens (primary N) is 1. The maximum absolute atomic E-state index is 12.9. The average molecular weight is 377 g/mol. The van der Waals surface area contributed by atoms with Gasteiger partial charge in [-0.05, 0) is 61.4 Å². The van der Waals surface area contributed by atoms with E-state index in [9.17, 15) is 17.6 Å². The Morgan fingerprint density at radius 3 is 2.19 bits per heavy atom. The molecule has 2 aromatic rings. The fourth-order valence-corrected chi connectivity index (χ4v) is 4.25. The highest BCUT2D eigenvalue weighted by Gasteiger charge is 2.28. The molecule has 1 aliphatic rings.